The van der Waals surface area contributed by atoms with Crippen LogP contribution in [0.5, 0.6) is 0 Å². The highest BCUT2D eigenvalue weighted by Gasteiger charge is 2.38. The minimum atomic E-state index is -3.31. The second kappa shape index (κ2) is 7.92. The molecule has 0 saturated heterocycles. The maximum atomic E-state index is 12.1. The lowest BCUT2D eigenvalue weighted by atomic mass is 9.86. The first-order valence-electron chi connectivity index (χ1n) is 8.24. The van der Waals surface area contributed by atoms with Gasteiger partial charge in [0.2, 0.25) is 10.0 Å². The summed E-state index contributed by atoms with van der Waals surface area (Å²) in [5, 5.41) is 9.02. The zero-order chi connectivity index (χ0) is 17.0. The quantitative estimate of drug-likeness (QED) is 0.565. The van der Waals surface area contributed by atoms with Crippen LogP contribution in [0.3, 0.4) is 0 Å². The molecule has 0 amide bonds. The zero-order valence-corrected chi connectivity index (χ0v) is 14.7. The number of hydrogen-bond donors (Lipinski definition) is 2. The summed E-state index contributed by atoms with van der Waals surface area (Å²) in [7, 11) is -1.75. The second-order valence-corrected chi connectivity index (χ2v) is 8.85. The third-order valence-electron chi connectivity index (χ3n) is 4.46. The molecule has 2 fully saturated rings. The van der Waals surface area contributed by atoms with Gasteiger partial charge in [0.1, 0.15) is 0 Å². The summed E-state index contributed by atoms with van der Waals surface area (Å²) in [4.78, 5) is 13.0. The lowest BCUT2D eigenvalue weighted by molar-refractivity contribution is -0.139. The number of nitrogens with zero attached hydrogens (tertiary/aromatic N) is 1. The number of methoxy groups -OCH3 is 1. The summed E-state index contributed by atoms with van der Waals surface area (Å²) >= 11 is 0. The monoisotopic (exact) mass is 348 g/mol. The van der Waals surface area contributed by atoms with Crippen LogP contribution >= 0.6 is 0 Å². The van der Waals surface area contributed by atoms with Crippen molar-refractivity contribution in [2.24, 2.45) is 11.8 Å². The minimum absolute atomic E-state index is 0.0471. The van der Waals surface area contributed by atoms with E-state index in [-0.39, 0.29) is 30.3 Å². The molecule has 1 unspecified atom stereocenters. The Kier molecular flexibility index (Phi) is 6.41. The minimum Gasteiger partial charge on any atom is -0.480 e. The average Bonchev–Trinajstić information content (AvgIpc) is 3.15. The molecule has 2 saturated carbocycles. The number of hydrogen-bond acceptors (Lipinski definition) is 5. The van der Waals surface area contributed by atoms with E-state index in [1.165, 1.54) is 12.8 Å². The predicted molar refractivity (Wildman–Crippen MR) is 86.7 cm³/mol. The highest BCUT2D eigenvalue weighted by Crippen LogP contribution is 2.33. The van der Waals surface area contributed by atoms with Gasteiger partial charge in [0.15, 0.2) is 0 Å². The average molecular weight is 348 g/mol. The topological polar surface area (TPSA) is 95.9 Å². The molecule has 2 aliphatic carbocycles. The smallest absolute Gasteiger partial charge is 0.317 e. The number of carboxylic acids is 1. The molecule has 0 bridgehead atoms. The van der Waals surface area contributed by atoms with Gasteiger partial charge in [0.25, 0.3) is 0 Å². The molecule has 0 aromatic rings. The molecule has 2 aliphatic rings. The van der Waals surface area contributed by atoms with Crippen molar-refractivity contribution in [2.75, 3.05) is 32.6 Å². The van der Waals surface area contributed by atoms with E-state index in [1.807, 2.05) is 11.8 Å². The van der Waals surface area contributed by atoms with Crippen molar-refractivity contribution in [1.82, 2.24) is 9.62 Å². The van der Waals surface area contributed by atoms with Crippen molar-refractivity contribution >= 4 is 16.0 Å². The second-order valence-electron chi connectivity index (χ2n) is 7.05. The number of rotatable bonds is 11. The van der Waals surface area contributed by atoms with E-state index in [0.29, 0.717) is 25.4 Å². The van der Waals surface area contributed by atoms with Crippen LogP contribution in [0.25, 0.3) is 0 Å². The van der Waals surface area contributed by atoms with Gasteiger partial charge < -0.3 is 9.84 Å². The molecule has 0 heterocycles. The maximum absolute atomic E-state index is 12.1. The largest absolute Gasteiger partial charge is 0.480 e. The van der Waals surface area contributed by atoms with E-state index in [2.05, 4.69) is 4.72 Å². The Morgan fingerprint density at radius 3 is 2.57 bits per heavy atom. The lowest BCUT2D eigenvalue weighted by Crippen LogP contribution is -2.55. The van der Waals surface area contributed by atoms with Crippen LogP contribution in [0.15, 0.2) is 0 Å². The number of sulfonamides is 1. The molecule has 0 aromatic heterocycles. The molecule has 134 valence electrons. The van der Waals surface area contributed by atoms with Gasteiger partial charge in [-0.05, 0) is 37.5 Å². The van der Waals surface area contributed by atoms with E-state index in [0.717, 1.165) is 6.54 Å². The van der Waals surface area contributed by atoms with Crippen LogP contribution in [0, 0.1) is 11.8 Å². The van der Waals surface area contributed by atoms with Crippen LogP contribution in [0.2, 0.25) is 0 Å². The normalized spacial score (nSPS) is 26.0. The predicted octanol–water partition coefficient (Wildman–Crippen LogP) is 0.516. The molecule has 0 radical (unpaired) electrons. The SMILES string of the molecule is COCC(C)CS(=O)(=O)NC1CC(N(CC(=O)O)CC2CC2)C1. The van der Waals surface area contributed by atoms with Crippen molar-refractivity contribution in [3.05, 3.63) is 0 Å². The van der Waals surface area contributed by atoms with Gasteiger partial charge in [-0.25, -0.2) is 13.1 Å². The third kappa shape index (κ3) is 6.37. The van der Waals surface area contributed by atoms with Crippen LogP contribution in [0.1, 0.15) is 32.6 Å². The Bertz CT molecular complexity index is 500. The molecule has 2 N–H and O–H groups in total. The number of ether oxygens (including phenoxy) is 1. The van der Waals surface area contributed by atoms with Gasteiger partial charge in [-0.2, -0.15) is 0 Å². The summed E-state index contributed by atoms with van der Waals surface area (Å²) in [6, 6.07) is 0.103. The number of aliphatic carboxylic acids is 1. The molecule has 0 aromatic carbocycles. The van der Waals surface area contributed by atoms with Crippen molar-refractivity contribution in [3.8, 4) is 0 Å². The van der Waals surface area contributed by atoms with Gasteiger partial charge in [0.05, 0.1) is 12.3 Å². The van der Waals surface area contributed by atoms with E-state index < -0.39 is 16.0 Å². The Hall–Kier alpha value is -0.700. The van der Waals surface area contributed by atoms with Crippen molar-refractivity contribution < 1.29 is 23.1 Å². The van der Waals surface area contributed by atoms with E-state index >= 15 is 0 Å². The summed E-state index contributed by atoms with van der Waals surface area (Å²) in [6.07, 6.45) is 3.74. The van der Waals surface area contributed by atoms with E-state index in [4.69, 9.17) is 9.84 Å². The number of nitrogens with one attached hydrogen (secondary N) is 1. The third-order valence-corrected chi connectivity index (χ3v) is 6.16. The first kappa shape index (κ1) is 18.6. The molecule has 0 spiro atoms. The van der Waals surface area contributed by atoms with Gasteiger partial charge in [-0.3, -0.25) is 9.69 Å². The molecule has 23 heavy (non-hydrogen) atoms. The van der Waals surface area contributed by atoms with Gasteiger partial charge >= 0.3 is 5.97 Å². The summed E-state index contributed by atoms with van der Waals surface area (Å²) < 4.78 is 31.9. The Morgan fingerprint density at radius 1 is 1.39 bits per heavy atom. The molecule has 7 nitrogen and oxygen atoms in total. The van der Waals surface area contributed by atoms with Crippen LogP contribution in [-0.2, 0) is 19.6 Å². The highest BCUT2D eigenvalue weighted by molar-refractivity contribution is 7.89. The fourth-order valence-electron chi connectivity index (χ4n) is 3.14. The zero-order valence-electron chi connectivity index (χ0n) is 13.9. The lowest BCUT2D eigenvalue weighted by Gasteiger charge is -2.42. The number of carbonyl (C=O) groups is 1. The molecular weight excluding hydrogens is 320 g/mol. The summed E-state index contributed by atoms with van der Waals surface area (Å²) in [5.41, 5.74) is 0. The van der Waals surface area contributed by atoms with Crippen LogP contribution in [0.4, 0.5) is 0 Å². The fraction of sp³-hybridized carbons (Fsp3) is 0.933. The number of carboxylic acid groups (broad SMARTS) is 1. The highest BCUT2D eigenvalue weighted by atomic mass is 32.2. The Labute approximate surface area is 138 Å². The van der Waals surface area contributed by atoms with Crippen LogP contribution in [-0.4, -0.2) is 69.0 Å². The molecule has 8 heteroatoms. The Balaban J connectivity index is 1.76. The molecule has 1 atom stereocenters. The van der Waals surface area contributed by atoms with E-state index in [1.54, 1.807) is 7.11 Å². The Morgan fingerprint density at radius 2 is 2.04 bits per heavy atom. The molecule has 2 rings (SSSR count). The molecular formula is C15H28N2O5S. The maximum Gasteiger partial charge on any atom is 0.317 e. The van der Waals surface area contributed by atoms with Gasteiger partial charge in [-0.15, -0.1) is 0 Å². The fourth-order valence-corrected chi connectivity index (χ4v) is 4.78. The molecule has 0 aliphatic heterocycles. The van der Waals surface area contributed by atoms with Crippen molar-refractivity contribution in [1.29, 1.82) is 0 Å². The van der Waals surface area contributed by atoms with E-state index in [9.17, 15) is 13.2 Å². The first-order valence-corrected chi connectivity index (χ1v) is 9.89. The summed E-state index contributed by atoms with van der Waals surface area (Å²) in [5.74, 6) is -0.182. The van der Waals surface area contributed by atoms with Gasteiger partial charge in [0, 0.05) is 32.3 Å². The standard InChI is InChI=1S/C15H28N2O5S/c1-11(9-22-2)10-23(20,21)16-13-5-14(6-13)17(8-15(18)19)7-12-3-4-12/h11-14,16H,3-10H2,1-2H3,(H,18,19). The first-order chi connectivity index (χ1) is 10.8. The van der Waals surface area contributed by atoms with Crippen LogP contribution < -0.4 is 4.72 Å². The van der Waals surface area contributed by atoms with Crippen molar-refractivity contribution in [3.63, 3.8) is 0 Å². The van der Waals surface area contributed by atoms with Gasteiger partial charge in [-0.1, -0.05) is 6.92 Å². The summed E-state index contributed by atoms with van der Waals surface area (Å²) in [6.45, 7) is 3.13. The van der Waals surface area contributed by atoms with Crippen molar-refractivity contribution in [2.45, 2.75) is 44.7 Å².